The molecule has 1 aromatic heterocycles. The lowest BCUT2D eigenvalue weighted by molar-refractivity contribution is -0.167. The Labute approximate surface area is 174 Å². The second-order valence-corrected chi connectivity index (χ2v) is 8.92. The molecule has 2 atom stereocenters. The quantitative estimate of drug-likeness (QED) is 0.625. The molecule has 2 aliphatic rings. The Morgan fingerprint density at radius 2 is 1.80 bits per heavy atom. The normalized spacial score (nSPS) is 28.2. The number of nitrogens with zero attached hydrogens (tertiary/aromatic N) is 1. The molecule has 30 heavy (non-hydrogen) atoms. The SMILES string of the molecule is CN(C)C1(c2cccc(F)c2)CCC2(NCCc3c2[nH]c2ccccc32)C(F)(F)C1. The minimum atomic E-state index is -3.03. The second kappa shape index (κ2) is 6.59. The van der Waals surface area contributed by atoms with Gasteiger partial charge in [-0.05, 0) is 62.7 Å². The Hall–Kier alpha value is -2.31. The standard InChI is InChI=1S/C24H26F3N3/c1-30(2)22(16-6-5-7-17(25)14-16)11-12-23(24(26,27)15-22)21-19(10-13-28-23)18-8-3-4-9-20(18)29-21/h3-9,14,28-29H,10-13,15H2,1-2H3. The summed E-state index contributed by atoms with van der Waals surface area (Å²) in [7, 11) is 3.61. The summed E-state index contributed by atoms with van der Waals surface area (Å²) in [5, 5.41) is 4.23. The topological polar surface area (TPSA) is 31.1 Å². The van der Waals surface area contributed by atoms with Gasteiger partial charge in [0.25, 0.3) is 5.92 Å². The maximum Gasteiger partial charge on any atom is 0.273 e. The zero-order valence-electron chi connectivity index (χ0n) is 17.2. The first-order valence-corrected chi connectivity index (χ1v) is 10.5. The highest BCUT2D eigenvalue weighted by Crippen LogP contribution is 2.57. The van der Waals surface area contributed by atoms with Gasteiger partial charge in [0, 0.05) is 29.6 Å². The van der Waals surface area contributed by atoms with Crippen LogP contribution in [-0.2, 0) is 17.5 Å². The highest BCUT2D eigenvalue weighted by molar-refractivity contribution is 5.85. The van der Waals surface area contributed by atoms with Gasteiger partial charge in [-0.1, -0.05) is 30.3 Å². The largest absolute Gasteiger partial charge is 0.356 e. The molecule has 0 amide bonds. The molecule has 2 aromatic carbocycles. The number of hydrogen-bond acceptors (Lipinski definition) is 2. The molecule has 1 aliphatic heterocycles. The summed E-state index contributed by atoms with van der Waals surface area (Å²) in [5.74, 6) is -3.43. The predicted molar refractivity (Wildman–Crippen MR) is 112 cm³/mol. The molecule has 3 nitrogen and oxygen atoms in total. The number of halogens is 3. The van der Waals surface area contributed by atoms with Gasteiger partial charge in [-0.3, -0.25) is 4.90 Å². The van der Waals surface area contributed by atoms with Gasteiger partial charge >= 0.3 is 0 Å². The van der Waals surface area contributed by atoms with Crippen LogP contribution in [0.1, 0.15) is 36.1 Å². The van der Waals surface area contributed by atoms with Crippen LogP contribution in [0.4, 0.5) is 13.2 Å². The number of aromatic nitrogens is 1. The number of alkyl halides is 2. The number of aromatic amines is 1. The van der Waals surface area contributed by atoms with Crippen LogP contribution in [0, 0.1) is 5.82 Å². The Balaban J connectivity index is 1.64. The molecule has 2 unspecified atom stereocenters. The number of hydrogen-bond donors (Lipinski definition) is 2. The van der Waals surface area contributed by atoms with Crippen molar-refractivity contribution in [1.29, 1.82) is 0 Å². The third kappa shape index (κ3) is 2.59. The molecule has 0 radical (unpaired) electrons. The molecule has 6 heteroatoms. The van der Waals surface area contributed by atoms with E-state index in [0.717, 1.165) is 22.9 Å². The first-order valence-electron chi connectivity index (χ1n) is 10.5. The average Bonchev–Trinajstić information content (AvgIpc) is 3.10. The van der Waals surface area contributed by atoms with Crippen LogP contribution in [0.5, 0.6) is 0 Å². The van der Waals surface area contributed by atoms with E-state index >= 15 is 8.78 Å². The number of para-hydroxylation sites is 1. The van der Waals surface area contributed by atoms with Gasteiger partial charge in [0.1, 0.15) is 11.4 Å². The van der Waals surface area contributed by atoms with Crippen LogP contribution in [-0.4, -0.2) is 36.4 Å². The van der Waals surface area contributed by atoms with Gasteiger partial charge in [-0.15, -0.1) is 0 Å². The Morgan fingerprint density at radius 3 is 2.53 bits per heavy atom. The monoisotopic (exact) mass is 413 g/mol. The molecule has 2 heterocycles. The third-order valence-corrected chi connectivity index (χ3v) is 7.31. The van der Waals surface area contributed by atoms with E-state index < -0.39 is 22.8 Å². The summed E-state index contributed by atoms with van der Waals surface area (Å²) < 4.78 is 46.4. The number of benzene rings is 2. The molecule has 5 rings (SSSR count). The fourth-order valence-electron chi connectivity index (χ4n) is 5.69. The summed E-state index contributed by atoms with van der Waals surface area (Å²) >= 11 is 0. The smallest absolute Gasteiger partial charge is 0.273 e. The summed E-state index contributed by atoms with van der Waals surface area (Å²) in [6.45, 7) is 0.513. The molecular weight excluding hydrogens is 387 g/mol. The lowest BCUT2D eigenvalue weighted by Crippen LogP contribution is -2.65. The lowest BCUT2D eigenvalue weighted by Gasteiger charge is -2.55. The molecule has 0 saturated heterocycles. The molecule has 158 valence electrons. The molecule has 3 aromatic rings. The third-order valence-electron chi connectivity index (χ3n) is 7.31. The second-order valence-electron chi connectivity index (χ2n) is 8.92. The van der Waals surface area contributed by atoms with Crippen molar-refractivity contribution in [3.8, 4) is 0 Å². The first-order chi connectivity index (χ1) is 14.3. The van der Waals surface area contributed by atoms with E-state index in [-0.39, 0.29) is 12.8 Å². The van der Waals surface area contributed by atoms with Crippen molar-refractivity contribution < 1.29 is 13.2 Å². The van der Waals surface area contributed by atoms with Gasteiger partial charge in [0.15, 0.2) is 0 Å². The molecule has 1 saturated carbocycles. The summed E-state index contributed by atoms with van der Waals surface area (Å²) in [6, 6.07) is 13.9. The van der Waals surface area contributed by atoms with Crippen LogP contribution in [0.2, 0.25) is 0 Å². The molecule has 1 spiro atoms. The number of rotatable bonds is 2. The summed E-state index contributed by atoms with van der Waals surface area (Å²) in [6.07, 6.45) is 1.10. The van der Waals surface area contributed by atoms with Crippen molar-refractivity contribution in [2.75, 3.05) is 20.6 Å². The number of H-pyrrole nitrogens is 1. The fourth-order valence-corrected chi connectivity index (χ4v) is 5.69. The van der Waals surface area contributed by atoms with Crippen LogP contribution in [0.15, 0.2) is 48.5 Å². The predicted octanol–water partition coefficient (Wildman–Crippen LogP) is 4.92. The van der Waals surface area contributed by atoms with Crippen LogP contribution < -0.4 is 5.32 Å². The van der Waals surface area contributed by atoms with Crippen molar-refractivity contribution in [1.82, 2.24) is 15.2 Å². The van der Waals surface area contributed by atoms with E-state index in [1.165, 1.54) is 12.1 Å². The van der Waals surface area contributed by atoms with Crippen molar-refractivity contribution in [2.45, 2.75) is 42.7 Å². The molecular formula is C24H26F3N3. The van der Waals surface area contributed by atoms with E-state index in [9.17, 15) is 4.39 Å². The Morgan fingerprint density at radius 1 is 1.00 bits per heavy atom. The van der Waals surface area contributed by atoms with E-state index in [2.05, 4.69) is 10.3 Å². The fraction of sp³-hybridized carbons (Fsp3) is 0.417. The highest BCUT2D eigenvalue weighted by Gasteiger charge is 2.64. The van der Waals surface area contributed by atoms with Gasteiger partial charge in [0.05, 0.1) is 5.54 Å². The minimum absolute atomic E-state index is 0.258. The summed E-state index contributed by atoms with van der Waals surface area (Å²) in [4.78, 5) is 5.15. The average molecular weight is 413 g/mol. The lowest BCUT2D eigenvalue weighted by atomic mass is 9.64. The molecule has 0 bridgehead atoms. The van der Waals surface area contributed by atoms with Gasteiger partial charge in [-0.2, -0.15) is 0 Å². The van der Waals surface area contributed by atoms with Crippen molar-refractivity contribution in [2.24, 2.45) is 0 Å². The van der Waals surface area contributed by atoms with E-state index in [1.54, 1.807) is 12.1 Å². The zero-order chi connectivity index (χ0) is 21.1. The van der Waals surface area contributed by atoms with Gasteiger partial charge in [-0.25, -0.2) is 13.2 Å². The molecule has 2 N–H and O–H groups in total. The number of nitrogens with one attached hydrogen (secondary N) is 2. The molecule has 1 aliphatic carbocycles. The summed E-state index contributed by atoms with van der Waals surface area (Å²) in [5.41, 5.74) is 0.749. The van der Waals surface area contributed by atoms with Gasteiger partial charge < -0.3 is 10.3 Å². The zero-order valence-corrected chi connectivity index (χ0v) is 17.2. The van der Waals surface area contributed by atoms with E-state index in [1.807, 2.05) is 43.3 Å². The maximum atomic E-state index is 16.2. The van der Waals surface area contributed by atoms with Crippen molar-refractivity contribution in [3.63, 3.8) is 0 Å². The highest BCUT2D eigenvalue weighted by atomic mass is 19.3. The van der Waals surface area contributed by atoms with Crippen molar-refractivity contribution >= 4 is 10.9 Å². The van der Waals surface area contributed by atoms with E-state index in [4.69, 9.17) is 0 Å². The Bertz CT molecular complexity index is 1110. The van der Waals surface area contributed by atoms with Crippen molar-refractivity contribution in [3.05, 3.63) is 71.2 Å². The molecule has 1 fully saturated rings. The Kier molecular flexibility index (Phi) is 4.32. The number of fused-ring (bicyclic) bond motifs is 4. The van der Waals surface area contributed by atoms with Crippen LogP contribution in [0.25, 0.3) is 10.9 Å². The van der Waals surface area contributed by atoms with Crippen LogP contribution >= 0.6 is 0 Å². The first kappa shape index (κ1) is 19.6. The van der Waals surface area contributed by atoms with Crippen LogP contribution in [0.3, 0.4) is 0 Å². The van der Waals surface area contributed by atoms with E-state index in [0.29, 0.717) is 24.2 Å². The maximum absolute atomic E-state index is 16.2. The minimum Gasteiger partial charge on any atom is -0.356 e. The van der Waals surface area contributed by atoms with Gasteiger partial charge in [0.2, 0.25) is 0 Å².